The molecule has 9 heteroatoms. The third kappa shape index (κ3) is 9.40. The molecule has 0 atom stereocenters. The number of rotatable bonds is 2. The van der Waals surface area contributed by atoms with Crippen molar-refractivity contribution in [1.29, 1.82) is 0 Å². The standard InChI is InChI=1S/C8H13F3NO.CH4O3S/c1-12(2-4-13-5-3-12)6-7(9)8(10)11;1-5(2,3)4/h6,8H,2-5H2,1H3;1H3,(H,2,3,4)/q+1;/p-1/b7-6-;. The largest absolute Gasteiger partial charge is 0.748 e. The summed E-state index contributed by atoms with van der Waals surface area (Å²) in [5.41, 5.74) is 0. The van der Waals surface area contributed by atoms with E-state index < -0.39 is 22.4 Å². The minimum Gasteiger partial charge on any atom is -0.748 e. The lowest BCUT2D eigenvalue weighted by molar-refractivity contribution is -0.868. The molecule has 0 N–H and O–H groups in total. The normalized spacial score (nSPS) is 20.3. The Morgan fingerprint density at radius 3 is 2.11 bits per heavy atom. The minimum atomic E-state index is -3.92. The summed E-state index contributed by atoms with van der Waals surface area (Å²) in [6.45, 7) is 2.06. The van der Waals surface area contributed by atoms with Crippen LogP contribution < -0.4 is 0 Å². The zero-order valence-corrected chi connectivity index (χ0v) is 10.9. The van der Waals surface area contributed by atoms with Gasteiger partial charge in [0.2, 0.25) is 5.83 Å². The van der Waals surface area contributed by atoms with E-state index in [2.05, 4.69) is 0 Å². The van der Waals surface area contributed by atoms with E-state index in [1.807, 2.05) is 0 Å². The molecule has 1 heterocycles. The molecule has 0 radical (unpaired) electrons. The number of nitrogens with zero attached hydrogens (tertiary/aromatic N) is 1. The van der Waals surface area contributed by atoms with Crippen molar-refractivity contribution in [2.75, 3.05) is 39.6 Å². The predicted molar refractivity (Wildman–Crippen MR) is 57.6 cm³/mol. The van der Waals surface area contributed by atoms with Gasteiger partial charge >= 0.3 is 0 Å². The van der Waals surface area contributed by atoms with Crippen LogP contribution in [0.1, 0.15) is 0 Å². The van der Waals surface area contributed by atoms with Crippen LogP contribution in [0.15, 0.2) is 12.0 Å². The molecule has 1 aliphatic rings. The summed E-state index contributed by atoms with van der Waals surface area (Å²) in [4.78, 5) is 0. The first-order valence-corrected chi connectivity index (χ1v) is 6.84. The molecule has 0 aliphatic carbocycles. The molecule has 0 spiro atoms. The Labute approximate surface area is 104 Å². The van der Waals surface area contributed by atoms with Gasteiger partial charge in [-0.3, -0.25) is 4.48 Å². The third-order valence-corrected chi connectivity index (χ3v) is 2.14. The SMILES string of the molecule is CS(=O)(=O)[O-].C[N+]1(/C=C(\F)C(F)F)CCOCC1. The van der Waals surface area contributed by atoms with Crippen molar-refractivity contribution >= 4 is 10.1 Å². The molecule has 18 heavy (non-hydrogen) atoms. The molecule has 1 saturated heterocycles. The number of ether oxygens (including phenoxy) is 1. The highest BCUT2D eigenvalue weighted by Crippen LogP contribution is 2.16. The van der Waals surface area contributed by atoms with Crippen molar-refractivity contribution in [2.24, 2.45) is 0 Å². The monoisotopic (exact) mass is 291 g/mol. The maximum absolute atomic E-state index is 12.6. The summed E-state index contributed by atoms with van der Waals surface area (Å²) < 4.78 is 68.8. The first kappa shape index (κ1) is 17.4. The summed E-state index contributed by atoms with van der Waals surface area (Å²) in [6, 6.07) is 0. The van der Waals surface area contributed by atoms with Crippen LogP contribution in [-0.2, 0) is 14.9 Å². The lowest BCUT2D eigenvalue weighted by Crippen LogP contribution is -2.47. The first-order valence-electron chi connectivity index (χ1n) is 5.03. The molecule has 0 aromatic rings. The Morgan fingerprint density at radius 2 is 1.78 bits per heavy atom. The number of alkyl halides is 2. The first-order chi connectivity index (χ1) is 8.03. The van der Waals surface area contributed by atoms with Gasteiger partial charge in [0.15, 0.2) is 0 Å². The Balaban J connectivity index is 0.000000494. The Morgan fingerprint density at radius 1 is 1.39 bits per heavy atom. The topological polar surface area (TPSA) is 66.4 Å². The third-order valence-electron chi connectivity index (χ3n) is 2.14. The predicted octanol–water partition coefficient (Wildman–Crippen LogP) is 0.701. The zero-order chi connectivity index (χ0) is 14.4. The fourth-order valence-electron chi connectivity index (χ4n) is 1.24. The highest BCUT2D eigenvalue weighted by atomic mass is 32.2. The molecule has 1 fully saturated rings. The van der Waals surface area contributed by atoms with Gasteiger partial charge in [0.25, 0.3) is 6.43 Å². The number of morpholine rings is 1. The average molecular weight is 291 g/mol. The van der Waals surface area contributed by atoms with E-state index in [1.165, 1.54) is 0 Å². The summed E-state index contributed by atoms with van der Waals surface area (Å²) >= 11 is 0. The fourth-order valence-corrected chi connectivity index (χ4v) is 1.24. The maximum Gasteiger partial charge on any atom is 0.294 e. The van der Waals surface area contributed by atoms with Gasteiger partial charge < -0.3 is 9.29 Å². The fraction of sp³-hybridized carbons (Fsp3) is 0.778. The smallest absolute Gasteiger partial charge is 0.294 e. The van der Waals surface area contributed by atoms with Gasteiger partial charge in [0.05, 0.1) is 30.4 Å². The Bertz CT molecular complexity index is 369. The van der Waals surface area contributed by atoms with E-state index in [0.29, 0.717) is 32.6 Å². The molecule has 0 bridgehead atoms. The molecule has 108 valence electrons. The summed E-state index contributed by atoms with van der Waals surface area (Å²) in [5.74, 6) is -1.34. The lowest BCUT2D eigenvalue weighted by atomic mass is 10.3. The Kier molecular flexibility index (Phi) is 6.82. The van der Waals surface area contributed by atoms with Crippen LogP contribution in [-0.4, -0.2) is 63.5 Å². The molecule has 1 rings (SSSR count). The quantitative estimate of drug-likeness (QED) is 0.555. The van der Waals surface area contributed by atoms with Crippen LogP contribution in [0.25, 0.3) is 0 Å². The van der Waals surface area contributed by atoms with Crippen molar-refractivity contribution in [3.8, 4) is 0 Å². The van der Waals surface area contributed by atoms with E-state index in [-0.39, 0.29) is 4.48 Å². The van der Waals surface area contributed by atoms with Crippen molar-refractivity contribution in [3.63, 3.8) is 0 Å². The highest BCUT2D eigenvalue weighted by Gasteiger charge is 2.26. The molecule has 1 aliphatic heterocycles. The summed E-state index contributed by atoms with van der Waals surface area (Å²) in [6.07, 6.45) is -1.42. The van der Waals surface area contributed by atoms with Crippen LogP contribution in [0.5, 0.6) is 0 Å². The lowest BCUT2D eigenvalue weighted by Gasteiger charge is -2.33. The van der Waals surface area contributed by atoms with Gasteiger partial charge in [-0.1, -0.05) is 0 Å². The zero-order valence-electron chi connectivity index (χ0n) is 10.1. The minimum absolute atomic E-state index is 0.191. The van der Waals surface area contributed by atoms with Crippen molar-refractivity contribution < 1.29 is 35.4 Å². The van der Waals surface area contributed by atoms with Crippen molar-refractivity contribution in [1.82, 2.24) is 0 Å². The van der Waals surface area contributed by atoms with Crippen LogP contribution in [0.4, 0.5) is 13.2 Å². The molecule has 0 aromatic heterocycles. The summed E-state index contributed by atoms with van der Waals surface area (Å²) in [5, 5.41) is 0. The van der Waals surface area contributed by atoms with E-state index in [4.69, 9.17) is 17.7 Å². The van der Waals surface area contributed by atoms with E-state index in [9.17, 15) is 13.2 Å². The molecule has 0 aromatic carbocycles. The van der Waals surface area contributed by atoms with Crippen LogP contribution in [0, 0.1) is 0 Å². The maximum atomic E-state index is 12.6. The molecule has 0 saturated carbocycles. The second kappa shape index (κ2) is 7.07. The number of halogens is 3. The number of hydrogen-bond donors (Lipinski definition) is 0. The second-order valence-corrected chi connectivity index (χ2v) is 5.47. The molecular formula is C9H16F3NO4S. The van der Waals surface area contributed by atoms with E-state index in [1.54, 1.807) is 7.05 Å². The number of quaternary nitrogens is 1. The Hall–Kier alpha value is -0.640. The van der Waals surface area contributed by atoms with Gasteiger partial charge in [0, 0.05) is 6.26 Å². The number of hydrogen-bond acceptors (Lipinski definition) is 4. The van der Waals surface area contributed by atoms with Gasteiger partial charge in [-0.15, -0.1) is 0 Å². The number of likely N-dealkylation sites (N-methyl/N-ethyl adjacent to an activating group) is 1. The van der Waals surface area contributed by atoms with Crippen molar-refractivity contribution in [2.45, 2.75) is 6.43 Å². The molecular weight excluding hydrogens is 275 g/mol. The number of allylic oxidation sites excluding steroid dienone is 1. The van der Waals surface area contributed by atoms with Crippen LogP contribution in [0.2, 0.25) is 0 Å². The highest BCUT2D eigenvalue weighted by molar-refractivity contribution is 7.84. The molecule has 0 unspecified atom stereocenters. The molecule has 0 amide bonds. The second-order valence-electron chi connectivity index (χ2n) is 4.06. The van der Waals surface area contributed by atoms with Crippen molar-refractivity contribution in [3.05, 3.63) is 12.0 Å². The van der Waals surface area contributed by atoms with Crippen LogP contribution >= 0.6 is 0 Å². The van der Waals surface area contributed by atoms with E-state index in [0.717, 1.165) is 6.20 Å². The average Bonchev–Trinajstić information content (AvgIpc) is 2.15. The van der Waals surface area contributed by atoms with Crippen LogP contribution in [0.3, 0.4) is 0 Å². The van der Waals surface area contributed by atoms with E-state index >= 15 is 0 Å². The van der Waals surface area contributed by atoms with Gasteiger partial charge in [-0.25, -0.2) is 17.2 Å². The van der Waals surface area contributed by atoms with Gasteiger partial charge in [-0.05, 0) is 0 Å². The molecule has 5 nitrogen and oxygen atoms in total. The van der Waals surface area contributed by atoms with Gasteiger partial charge in [-0.2, -0.15) is 4.39 Å². The van der Waals surface area contributed by atoms with Gasteiger partial charge in [0.1, 0.15) is 19.3 Å². The summed E-state index contributed by atoms with van der Waals surface area (Å²) in [7, 11) is -2.20.